The van der Waals surface area contributed by atoms with E-state index in [2.05, 4.69) is 26.1 Å². The van der Waals surface area contributed by atoms with E-state index in [9.17, 15) is 9.59 Å². The Kier molecular flexibility index (Phi) is 5.64. The molecule has 0 saturated carbocycles. The summed E-state index contributed by atoms with van der Waals surface area (Å²) in [7, 11) is 0. The Labute approximate surface area is 150 Å². The molecule has 1 heterocycles. The minimum absolute atomic E-state index is 0.245. The summed E-state index contributed by atoms with van der Waals surface area (Å²) >= 11 is 12.6. The first-order valence-corrected chi connectivity index (χ1v) is 9.39. The van der Waals surface area contributed by atoms with Crippen molar-refractivity contribution in [3.63, 3.8) is 0 Å². The fourth-order valence-electron chi connectivity index (χ4n) is 3.06. The van der Waals surface area contributed by atoms with Crippen molar-refractivity contribution in [3.8, 4) is 0 Å². The van der Waals surface area contributed by atoms with Gasteiger partial charge in [-0.05, 0) is 36.2 Å². The molecule has 0 fully saturated rings. The Hall–Kier alpha value is -0.780. The number of amides is 2. The summed E-state index contributed by atoms with van der Waals surface area (Å²) in [4.78, 5) is 23.6. The number of carbonyl (C=O) groups excluding carboxylic acids is 2. The molecule has 2 rings (SSSR count). The zero-order chi connectivity index (χ0) is 17.4. The van der Waals surface area contributed by atoms with Gasteiger partial charge in [0.1, 0.15) is 5.00 Å². The monoisotopic (exact) mass is 376 g/mol. The Morgan fingerprint density at radius 1 is 1.43 bits per heavy atom. The molecule has 0 saturated heterocycles. The zero-order valence-corrected chi connectivity index (χ0v) is 15.9. The number of primary amides is 1. The Bertz CT molecular complexity index is 626. The van der Waals surface area contributed by atoms with Crippen LogP contribution in [-0.2, 0) is 17.6 Å². The lowest BCUT2D eigenvalue weighted by Crippen LogP contribution is -2.29. The molecule has 0 radical (unpaired) electrons. The van der Waals surface area contributed by atoms with E-state index in [1.165, 1.54) is 11.3 Å². The minimum atomic E-state index is -1.18. The van der Waals surface area contributed by atoms with Crippen LogP contribution in [-0.4, -0.2) is 16.7 Å². The molecule has 1 aliphatic carbocycles. The molecule has 3 N–H and O–H groups in total. The SMILES string of the molecule is CCC(C)(C)C1CCc2c(sc(NC(=O)C(Cl)Cl)c2C(N)=O)C1. The van der Waals surface area contributed by atoms with Crippen molar-refractivity contribution >= 4 is 51.4 Å². The third kappa shape index (κ3) is 3.83. The van der Waals surface area contributed by atoms with Crippen LogP contribution in [0.4, 0.5) is 5.00 Å². The van der Waals surface area contributed by atoms with Crippen molar-refractivity contribution < 1.29 is 9.59 Å². The summed E-state index contributed by atoms with van der Waals surface area (Å²) in [6.45, 7) is 6.75. The Balaban J connectivity index is 2.35. The lowest BCUT2D eigenvalue weighted by atomic mass is 9.69. The van der Waals surface area contributed by atoms with Gasteiger partial charge in [0.05, 0.1) is 5.56 Å². The fourth-order valence-corrected chi connectivity index (χ4v) is 4.50. The lowest BCUT2D eigenvalue weighted by molar-refractivity contribution is -0.114. The summed E-state index contributed by atoms with van der Waals surface area (Å²) < 4.78 is 0. The molecule has 2 amide bonds. The van der Waals surface area contributed by atoms with Gasteiger partial charge in [0.15, 0.2) is 4.84 Å². The largest absolute Gasteiger partial charge is 0.365 e. The summed E-state index contributed by atoms with van der Waals surface area (Å²) in [5.41, 5.74) is 7.17. The third-order valence-corrected chi connectivity index (χ3v) is 6.53. The van der Waals surface area contributed by atoms with Gasteiger partial charge in [0.25, 0.3) is 11.8 Å². The van der Waals surface area contributed by atoms with Crippen molar-refractivity contribution in [1.82, 2.24) is 0 Å². The fraction of sp³-hybridized carbons (Fsp3) is 0.625. The molecular formula is C16H22Cl2N2O2S. The van der Waals surface area contributed by atoms with Crippen LogP contribution in [0.5, 0.6) is 0 Å². The zero-order valence-electron chi connectivity index (χ0n) is 13.5. The molecule has 1 unspecified atom stereocenters. The maximum Gasteiger partial charge on any atom is 0.258 e. The van der Waals surface area contributed by atoms with E-state index >= 15 is 0 Å². The number of anilines is 1. The summed E-state index contributed by atoms with van der Waals surface area (Å²) in [5.74, 6) is -0.511. The van der Waals surface area contributed by atoms with Gasteiger partial charge in [-0.3, -0.25) is 9.59 Å². The molecule has 1 atom stereocenters. The van der Waals surface area contributed by atoms with E-state index in [-0.39, 0.29) is 5.41 Å². The molecule has 7 heteroatoms. The van der Waals surface area contributed by atoms with Crippen LogP contribution in [0.25, 0.3) is 0 Å². The van der Waals surface area contributed by atoms with Gasteiger partial charge in [-0.2, -0.15) is 0 Å². The second-order valence-electron chi connectivity index (χ2n) is 6.64. The van der Waals surface area contributed by atoms with Gasteiger partial charge in [-0.15, -0.1) is 11.3 Å². The highest BCUT2D eigenvalue weighted by Gasteiger charge is 2.35. The number of thiophene rings is 1. The average Bonchev–Trinajstić information content (AvgIpc) is 2.83. The van der Waals surface area contributed by atoms with Gasteiger partial charge >= 0.3 is 0 Å². The molecule has 0 spiro atoms. The van der Waals surface area contributed by atoms with Gasteiger partial charge < -0.3 is 11.1 Å². The minimum Gasteiger partial charge on any atom is -0.365 e. The predicted octanol–water partition coefficient (Wildman–Crippen LogP) is 4.13. The van der Waals surface area contributed by atoms with Crippen LogP contribution in [0.1, 0.15) is 54.4 Å². The molecule has 1 aliphatic rings. The van der Waals surface area contributed by atoms with E-state index in [1.54, 1.807) is 0 Å². The van der Waals surface area contributed by atoms with Crippen molar-refractivity contribution in [1.29, 1.82) is 0 Å². The van der Waals surface area contributed by atoms with Crippen LogP contribution in [0.2, 0.25) is 0 Å². The van der Waals surface area contributed by atoms with Gasteiger partial charge in [0.2, 0.25) is 0 Å². The standard InChI is InChI=1S/C16H22Cl2N2O2S/c1-4-16(2,3)8-5-6-9-10(7-8)23-15(11(9)13(19)21)20-14(22)12(17)18/h8,12H,4-7H2,1-3H3,(H2,19,21)(H,20,22). The van der Waals surface area contributed by atoms with Crippen molar-refractivity contribution in [2.24, 2.45) is 17.1 Å². The van der Waals surface area contributed by atoms with E-state index in [4.69, 9.17) is 28.9 Å². The summed E-state index contributed by atoms with van der Waals surface area (Å²) in [6, 6.07) is 0. The number of hydrogen-bond acceptors (Lipinski definition) is 3. The number of nitrogens with one attached hydrogen (secondary N) is 1. The first-order valence-electron chi connectivity index (χ1n) is 7.70. The van der Waals surface area contributed by atoms with Crippen molar-refractivity contribution in [2.45, 2.75) is 51.3 Å². The van der Waals surface area contributed by atoms with Crippen molar-refractivity contribution in [3.05, 3.63) is 16.0 Å². The first-order chi connectivity index (χ1) is 10.7. The number of carbonyl (C=O) groups is 2. The number of rotatable bonds is 5. The van der Waals surface area contributed by atoms with E-state index in [0.29, 0.717) is 16.5 Å². The number of hydrogen-bond donors (Lipinski definition) is 2. The van der Waals surface area contributed by atoms with Gasteiger partial charge in [-0.25, -0.2) is 0 Å². The predicted molar refractivity (Wildman–Crippen MR) is 96.5 cm³/mol. The molecule has 23 heavy (non-hydrogen) atoms. The number of nitrogens with two attached hydrogens (primary N) is 1. The highest BCUT2D eigenvalue weighted by Crippen LogP contribution is 2.45. The van der Waals surface area contributed by atoms with Crippen molar-refractivity contribution in [2.75, 3.05) is 5.32 Å². The van der Waals surface area contributed by atoms with Gasteiger partial charge in [0, 0.05) is 4.88 Å². The highest BCUT2D eigenvalue weighted by atomic mass is 35.5. The molecule has 1 aromatic rings. The summed E-state index contributed by atoms with van der Waals surface area (Å²) in [5, 5.41) is 3.10. The van der Waals surface area contributed by atoms with Crippen LogP contribution >= 0.6 is 34.5 Å². The quantitative estimate of drug-likeness (QED) is 0.758. The number of alkyl halides is 2. The topological polar surface area (TPSA) is 72.2 Å². The second kappa shape index (κ2) is 6.99. The van der Waals surface area contributed by atoms with Crippen LogP contribution in [0, 0.1) is 11.3 Å². The first kappa shape index (κ1) is 18.6. The molecule has 1 aromatic heterocycles. The van der Waals surface area contributed by atoms with Crippen LogP contribution < -0.4 is 11.1 Å². The average molecular weight is 377 g/mol. The smallest absolute Gasteiger partial charge is 0.258 e. The van der Waals surface area contributed by atoms with Gasteiger partial charge in [-0.1, -0.05) is 50.4 Å². The van der Waals surface area contributed by atoms with Crippen LogP contribution in [0.3, 0.4) is 0 Å². The molecule has 0 aliphatic heterocycles. The maximum absolute atomic E-state index is 11.9. The summed E-state index contributed by atoms with van der Waals surface area (Å²) in [6.07, 6.45) is 3.83. The molecule has 4 nitrogen and oxygen atoms in total. The van der Waals surface area contributed by atoms with Crippen LogP contribution in [0.15, 0.2) is 0 Å². The second-order valence-corrected chi connectivity index (χ2v) is 8.85. The lowest BCUT2D eigenvalue weighted by Gasteiger charge is -2.36. The Morgan fingerprint density at radius 2 is 2.09 bits per heavy atom. The van der Waals surface area contributed by atoms with E-state index in [0.717, 1.165) is 36.1 Å². The van der Waals surface area contributed by atoms with E-state index in [1.807, 2.05) is 0 Å². The molecule has 0 aromatic carbocycles. The molecule has 0 bridgehead atoms. The van der Waals surface area contributed by atoms with E-state index < -0.39 is 16.7 Å². The normalized spacial score (nSPS) is 17.9. The third-order valence-electron chi connectivity index (χ3n) is 4.96. The number of fused-ring (bicyclic) bond motifs is 1. The number of halogens is 2. The highest BCUT2D eigenvalue weighted by molar-refractivity contribution is 7.17. The molecular weight excluding hydrogens is 355 g/mol. The molecule has 128 valence electrons. The maximum atomic E-state index is 11.9. The Morgan fingerprint density at radius 3 is 2.61 bits per heavy atom.